The second kappa shape index (κ2) is 8.16. The minimum Gasteiger partial charge on any atom is -0.455 e. The predicted octanol–water partition coefficient (Wildman–Crippen LogP) is 4.42. The van der Waals surface area contributed by atoms with Gasteiger partial charge in [0, 0.05) is 14.8 Å². The number of nitrogens with one attached hydrogen (secondary N) is 1. The Kier molecular flexibility index (Phi) is 5.90. The molecule has 0 aliphatic heterocycles. The monoisotopic (exact) mass is 467 g/mol. The van der Waals surface area contributed by atoms with Gasteiger partial charge < -0.3 is 10.1 Å². The van der Waals surface area contributed by atoms with E-state index >= 15 is 0 Å². The third kappa shape index (κ3) is 4.06. The van der Waals surface area contributed by atoms with E-state index in [0.29, 0.717) is 24.1 Å². The first-order valence-electron chi connectivity index (χ1n) is 8.49. The van der Waals surface area contributed by atoms with Crippen LogP contribution < -0.4 is 5.32 Å². The van der Waals surface area contributed by atoms with E-state index < -0.39 is 23.1 Å². The van der Waals surface area contributed by atoms with Crippen LogP contribution in [0.4, 0.5) is 10.1 Å². The number of hydrogen-bond donors (Lipinski definition) is 1. The Morgan fingerprint density at radius 3 is 2.54 bits per heavy atom. The lowest BCUT2D eigenvalue weighted by molar-refractivity contribution is -0.153. The zero-order valence-corrected chi connectivity index (χ0v) is 16.3. The minimum atomic E-state index is -0.992. The van der Waals surface area contributed by atoms with Crippen LogP contribution in [0.1, 0.15) is 31.2 Å². The number of anilines is 1. The summed E-state index contributed by atoms with van der Waals surface area (Å²) in [5.41, 5.74) is 0.0106. The van der Waals surface area contributed by atoms with Gasteiger partial charge in [-0.1, -0.05) is 37.1 Å². The molecule has 1 aliphatic rings. The summed E-state index contributed by atoms with van der Waals surface area (Å²) in [5, 5.41) is 2.70. The van der Waals surface area contributed by atoms with E-state index in [1.165, 1.54) is 6.07 Å². The van der Waals surface area contributed by atoms with Gasteiger partial charge in [0.1, 0.15) is 5.82 Å². The molecule has 0 unspecified atom stereocenters. The SMILES string of the molecule is O=C(COC(=O)C1(c2ccccc2F)CCCC1)Nc1cccc(I)c1. The molecule has 4 nitrogen and oxygen atoms in total. The van der Waals surface area contributed by atoms with Crippen LogP contribution in [0.2, 0.25) is 0 Å². The van der Waals surface area contributed by atoms with Gasteiger partial charge in [-0.2, -0.15) is 0 Å². The molecule has 0 saturated heterocycles. The first-order valence-corrected chi connectivity index (χ1v) is 9.57. The van der Waals surface area contributed by atoms with Crippen molar-refractivity contribution in [3.63, 3.8) is 0 Å². The zero-order chi connectivity index (χ0) is 18.6. The van der Waals surface area contributed by atoms with E-state index in [2.05, 4.69) is 27.9 Å². The topological polar surface area (TPSA) is 55.4 Å². The molecule has 6 heteroatoms. The smallest absolute Gasteiger partial charge is 0.317 e. The number of carbonyl (C=O) groups is 2. The van der Waals surface area contributed by atoms with Gasteiger partial charge in [-0.15, -0.1) is 0 Å². The van der Waals surface area contributed by atoms with Crippen LogP contribution in [0, 0.1) is 9.39 Å². The van der Waals surface area contributed by atoms with Crippen LogP contribution in [0.3, 0.4) is 0 Å². The van der Waals surface area contributed by atoms with E-state index in [4.69, 9.17) is 4.74 Å². The molecule has 3 rings (SSSR count). The van der Waals surface area contributed by atoms with Gasteiger partial charge in [0.2, 0.25) is 0 Å². The number of halogens is 2. The summed E-state index contributed by atoms with van der Waals surface area (Å²) in [6.45, 7) is -0.388. The highest BCUT2D eigenvalue weighted by Gasteiger charge is 2.45. The Bertz CT molecular complexity index is 818. The third-order valence-electron chi connectivity index (χ3n) is 4.68. The van der Waals surface area contributed by atoms with E-state index in [1.807, 2.05) is 18.2 Å². The van der Waals surface area contributed by atoms with Gasteiger partial charge in [-0.3, -0.25) is 9.59 Å². The molecule has 1 fully saturated rings. The van der Waals surface area contributed by atoms with Gasteiger partial charge in [0.25, 0.3) is 5.91 Å². The fourth-order valence-corrected chi connectivity index (χ4v) is 3.99. The summed E-state index contributed by atoms with van der Waals surface area (Å²) in [6, 6.07) is 13.6. The van der Waals surface area contributed by atoms with E-state index in [0.717, 1.165) is 16.4 Å². The Labute approximate surface area is 165 Å². The molecule has 26 heavy (non-hydrogen) atoms. The fourth-order valence-electron chi connectivity index (χ4n) is 3.44. The van der Waals surface area contributed by atoms with Crippen molar-refractivity contribution in [1.82, 2.24) is 0 Å². The Hall–Kier alpha value is -1.96. The highest BCUT2D eigenvalue weighted by atomic mass is 127. The second-order valence-electron chi connectivity index (χ2n) is 6.40. The van der Waals surface area contributed by atoms with Crippen LogP contribution in [-0.4, -0.2) is 18.5 Å². The maximum Gasteiger partial charge on any atom is 0.317 e. The second-order valence-corrected chi connectivity index (χ2v) is 7.65. The van der Waals surface area contributed by atoms with Crippen molar-refractivity contribution in [3.8, 4) is 0 Å². The number of amides is 1. The molecule has 1 N–H and O–H groups in total. The summed E-state index contributed by atoms with van der Waals surface area (Å²) >= 11 is 2.15. The highest BCUT2D eigenvalue weighted by Crippen LogP contribution is 2.43. The molecule has 0 heterocycles. The molecule has 1 saturated carbocycles. The number of benzene rings is 2. The molecular weight excluding hydrogens is 448 g/mol. The fraction of sp³-hybridized carbons (Fsp3) is 0.300. The summed E-state index contributed by atoms with van der Waals surface area (Å²) in [5.74, 6) is -1.35. The lowest BCUT2D eigenvalue weighted by atomic mass is 9.78. The van der Waals surface area contributed by atoms with Crippen LogP contribution in [0.25, 0.3) is 0 Å². The van der Waals surface area contributed by atoms with Crippen molar-refractivity contribution in [2.24, 2.45) is 0 Å². The summed E-state index contributed by atoms with van der Waals surface area (Å²) in [4.78, 5) is 24.8. The number of esters is 1. The number of carbonyl (C=O) groups excluding carboxylic acids is 2. The van der Waals surface area contributed by atoms with Crippen molar-refractivity contribution in [3.05, 3.63) is 63.5 Å². The lowest BCUT2D eigenvalue weighted by Crippen LogP contribution is -2.37. The van der Waals surface area contributed by atoms with Crippen molar-refractivity contribution >= 4 is 40.2 Å². The van der Waals surface area contributed by atoms with Crippen molar-refractivity contribution in [2.75, 3.05) is 11.9 Å². The molecule has 1 aliphatic carbocycles. The average molecular weight is 467 g/mol. The van der Waals surface area contributed by atoms with Gasteiger partial charge in [-0.05, 0) is 59.7 Å². The minimum absolute atomic E-state index is 0.362. The predicted molar refractivity (Wildman–Crippen MR) is 105 cm³/mol. The molecule has 0 radical (unpaired) electrons. The van der Waals surface area contributed by atoms with Gasteiger partial charge >= 0.3 is 5.97 Å². The van der Waals surface area contributed by atoms with Gasteiger partial charge in [-0.25, -0.2) is 4.39 Å². The maximum absolute atomic E-state index is 14.3. The van der Waals surface area contributed by atoms with Crippen LogP contribution in [-0.2, 0) is 19.7 Å². The number of ether oxygens (including phenoxy) is 1. The molecule has 0 atom stereocenters. The van der Waals surface area contributed by atoms with Crippen LogP contribution in [0.15, 0.2) is 48.5 Å². The third-order valence-corrected chi connectivity index (χ3v) is 5.35. The van der Waals surface area contributed by atoms with Crippen molar-refractivity contribution in [1.29, 1.82) is 0 Å². The van der Waals surface area contributed by atoms with E-state index in [-0.39, 0.29) is 6.61 Å². The van der Waals surface area contributed by atoms with E-state index in [9.17, 15) is 14.0 Å². The zero-order valence-electron chi connectivity index (χ0n) is 14.1. The van der Waals surface area contributed by atoms with Gasteiger partial charge in [0.05, 0.1) is 5.41 Å². The van der Waals surface area contributed by atoms with E-state index in [1.54, 1.807) is 24.3 Å². The molecular formula is C20H19FINO3. The van der Waals surface area contributed by atoms with Gasteiger partial charge in [0.15, 0.2) is 6.61 Å². The summed E-state index contributed by atoms with van der Waals surface area (Å²) in [6.07, 6.45) is 2.73. The largest absolute Gasteiger partial charge is 0.455 e. The Morgan fingerprint density at radius 2 is 1.85 bits per heavy atom. The number of rotatable bonds is 5. The van der Waals surface area contributed by atoms with Crippen molar-refractivity contribution in [2.45, 2.75) is 31.1 Å². The average Bonchev–Trinajstić information content (AvgIpc) is 3.11. The molecule has 1 amide bonds. The van der Waals surface area contributed by atoms with Crippen LogP contribution in [0.5, 0.6) is 0 Å². The standard InChI is InChI=1S/C20H19FINO3/c21-17-9-2-1-8-16(17)20(10-3-4-11-20)19(25)26-13-18(24)23-15-7-5-6-14(22)12-15/h1-2,5-9,12H,3-4,10-11,13H2,(H,23,24). The molecule has 0 aromatic heterocycles. The molecule has 2 aromatic carbocycles. The normalized spacial score (nSPS) is 15.5. The first kappa shape index (κ1) is 18.8. The summed E-state index contributed by atoms with van der Waals surface area (Å²) in [7, 11) is 0. The molecule has 0 spiro atoms. The number of hydrogen-bond acceptors (Lipinski definition) is 3. The Morgan fingerprint density at radius 1 is 1.12 bits per heavy atom. The lowest BCUT2D eigenvalue weighted by Gasteiger charge is -2.27. The van der Waals surface area contributed by atoms with Crippen LogP contribution >= 0.6 is 22.6 Å². The Balaban J connectivity index is 1.68. The summed E-state index contributed by atoms with van der Waals surface area (Å²) < 4.78 is 20.6. The molecule has 136 valence electrons. The maximum atomic E-state index is 14.3. The highest BCUT2D eigenvalue weighted by molar-refractivity contribution is 14.1. The quantitative estimate of drug-likeness (QED) is 0.523. The van der Waals surface area contributed by atoms with Crippen molar-refractivity contribution < 1.29 is 18.7 Å². The molecule has 2 aromatic rings. The first-order chi connectivity index (χ1) is 12.5. The molecule has 0 bridgehead atoms.